The lowest BCUT2D eigenvalue weighted by atomic mass is 10.00. The first-order chi connectivity index (χ1) is 8.34. The third-order valence-electron chi connectivity index (χ3n) is 3.44. The SMILES string of the molecule is Brc1cccc2ncn(CC3CCCNC3)c12. The van der Waals surface area contributed by atoms with Gasteiger partial charge < -0.3 is 9.88 Å². The van der Waals surface area contributed by atoms with Crippen LogP contribution in [0, 0.1) is 5.92 Å². The van der Waals surface area contributed by atoms with E-state index in [4.69, 9.17) is 0 Å². The zero-order valence-corrected chi connectivity index (χ0v) is 11.3. The number of aromatic nitrogens is 2. The Morgan fingerprint density at radius 1 is 1.47 bits per heavy atom. The van der Waals surface area contributed by atoms with E-state index >= 15 is 0 Å². The maximum Gasteiger partial charge on any atom is 0.0958 e. The van der Waals surface area contributed by atoms with Crippen LogP contribution in [0.1, 0.15) is 12.8 Å². The van der Waals surface area contributed by atoms with Gasteiger partial charge in [0, 0.05) is 11.0 Å². The standard InChI is InChI=1S/C13H16BrN3/c14-11-4-1-5-12-13(11)17(9-16-12)8-10-3-2-6-15-7-10/h1,4-5,9-10,15H,2-3,6-8H2. The summed E-state index contributed by atoms with van der Waals surface area (Å²) in [6.07, 6.45) is 4.57. The van der Waals surface area contributed by atoms with E-state index in [0.29, 0.717) is 0 Å². The van der Waals surface area contributed by atoms with Crippen molar-refractivity contribution in [3.8, 4) is 0 Å². The van der Waals surface area contributed by atoms with Crippen LogP contribution in [0.25, 0.3) is 11.0 Å². The van der Waals surface area contributed by atoms with Gasteiger partial charge in [0.25, 0.3) is 0 Å². The third kappa shape index (κ3) is 2.24. The number of para-hydroxylation sites is 1. The summed E-state index contributed by atoms with van der Waals surface area (Å²) in [4.78, 5) is 4.46. The molecular formula is C13H16BrN3. The maximum atomic E-state index is 4.46. The normalized spacial score (nSPS) is 20.9. The second-order valence-corrected chi connectivity index (χ2v) is 5.57. The van der Waals surface area contributed by atoms with Crippen molar-refractivity contribution in [3.63, 3.8) is 0 Å². The van der Waals surface area contributed by atoms with E-state index in [1.165, 1.54) is 24.9 Å². The van der Waals surface area contributed by atoms with Crippen molar-refractivity contribution in [2.75, 3.05) is 13.1 Å². The molecule has 1 atom stereocenters. The molecule has 1 N–H and O–H groups in total. The first-order valence-electron chi connectivity index (χ1n) is 6.14. The minimum Gasteiger partial charge on any atom is -0.329 e. The van der Waals surface area contributed by atoms with E-state index in [1.807, 2.05) is 12.4 Å². The number of hydrogen-bond acceptors (Lipinski definition) is 2. The number of benzene rings is 1. The lowest BCUT2D eigenvalue weighted by Gasteiger charge is -2.23. The molecule has 3 rings (SSSR count). The smallest absolute Gasteiger partial charge is 0.0958 e. The highest BCUT2D eigenvalue weighted by Gasteiger charge is 2.15. The van der Waals surface area contributed by atoms with Crippen molar-refractivity contribution in [2.45, 2.75) is 19.4 Å². The molecule has 3 nitrogen and oxygen atoms in total. The number of piperidine rings is 1. The van der Waals surface area contributed by atoms with Gasteiger partial charge in [-0.05, 0) is 59.9 Å². The van der Waals surface area contributed by atoms with Gasteiger partial charge in [-0.3, -0.25) is 0 Å². The summed E-state index contributed by atoms with van der Waals surface area (Å²) in [6, 6.07) is 6.18. The summed E-state index contributed by atoms with van der Waals surface area (Å²) in [5, 5.41) is 3.46. The molecule has 1 aliphatic rings. The van der Waals surface area contributed by atoms with Gasteiger partial charge in [-0.15, -0.1) is 0 Å². The minimum atomic E-state index is 0.730. The van der Waals surface area contributed by atoms with E-state index in [-0.39, 0.29) is 0 Å². The summed E-state index contributed by atoms with van der Waals surface area (Å²) in [6.45, 7) is 3.36. The number of nitrogens with one attached hydrogen (secondary N) is 1. The molecule has 0 aliphatic carbocycles. The van der Waals surface area contributed by atoms with Crippen LogP contribution in [0.15, 0.2) is 29.0 Å². The van der Waals surface area contributed by atoms with Crippen LogP contribution in [0.2, 0.25) is 0 Å². The summed E-state index contributed by atoms with van der Waals surface area (Å²) in [5.41, 5.74) is 2.29. The van der Waals surface area contributed by atoms with Gasteiger partial charge in [0.2, 0.25) is 0 Å². The fourth-order valence-electron chi connectivity index (χ4n) is 2.58. The van der Waals surface area contributed by atoms with Crippen LogP contribution in [0.3, 0.4) is 0 Å². The molecule has 0 bridgehead atoms. The molecule has 0 saturated carbocycles. The number of halogens is 1. The molecule has 4 heteroatoms. The van der Waals surface area contributed by atoms with Crippen molar-refractivity contribution < 1.29 is 0 Å². The first kappa shape index (κ1) is 11.2. The molecular weight excluding hydrogens is 278 g/mol. The second-order valence-electron chi connectivity index (χ2n) is 4.72. The fourth-order valence-corrected chi connectivity index (χ4v) is 3.16. The lowest BCUT2D eigenvalue weighted by molar-refractivity contribution is 0.340. The summed E-state index contributed by atoms with van der Waals surface area (Å²) in [5.74, 6) is 0.730. The monoisotopic (exact) mass is 293 g/mol. The number of nitrogens with zero attached hydrogens (tertiary/aromatic N) is 2. The molecule has 17 heavy (non-hydrogen) atoms. The molecule has 2 heterocycles. The zero-order chi connectivity index (χ0) is 11.7. The van der Waals surface area contributed by atoms with Crippen LogP contribution in [-0.4, -0.2) is 22.6 Å². The number of imidazole rings is 1. The highest BCUT2D eigenvalue weighted by Crippen LogP contribution is 2.24. The summed E-state index contributed by atoms with van der Waals surface area (Å²) >= 11 is 3.62. The first-order valence-corrected chi connectivity index (χ1v) is 6.94. The van der Waals surface area contributed by atoms with E-state index in [1.54, 1.807) is 0 Å². The van der Waals surface area contributed by atoms with Gasteiger partial charge in [-0.1, -0.05) is 6.07 Å². The van der Waals surface area contributed by atoms with E-state index in [9.17, 15) is 0 Å². The van der Waals surface area contributed by atoms with Gasteiger partial charge in [0.05, 0.1) is 17.4 Å². The van der Waals surface area contributed by atoms with E-state index in [2.05, 4.69) is 42.9 Å². The Bertz CT molecular complexity index is 514. The average Bonchev–Trinajstić information content (AvgIpc) is 2.75. The minimum absolute atomic E-state index is 0.730. The summed E-state index contributed by atoms with van der Waals surface area (Å²) < 4.78 is 3.41. The largest absolute Gasteiger partial charge is 0.329 e. The van der Waals surface area contributed by atoms with E-state index < -0.39 is 0 Å². The lowest BCUT2D eigenvalue weighted by Crippen LogP contribution is -2.32. The Morgan fingerprint density at radius 3 is 3.24 bits per heavy atom. The number of hydrogen-bond donors (Lipinski definition) is 1. The highest BCUT2D eigenvalue weighted by molar-refractivity contribution is 9.10. The molecule has 2 aromatic rings. The Labute approximate surface area is 109 Å². The molecule has 90 valence electrons. The Morgan fingerprint density at radius 2 is 2.41 bits per heavy atom. The van der Waals surface area contributed by atoms with Crippen molar-refractivity contribution in [1.82, 2.24) is 14.9 Å². The van der Waals surface area contributed by atoms with Crippen LogP contribution in [0.5, 0.6) is 0 Å². The predicted molar refractivity (Wildman–Crippen MR) is 73.0 cm³/mol. The van der Waals surface area contributed by atoms with Gasteiger partial charge >= 0.3 is 0 Å². The van der Waals surface area contributed by atoms with Crippen molar-refractivity contribution in [3.05, 3.63) is 29.0 Å². The van der Waals surface area contributed by atoms with Crippen molar-refractivity contribution >= 4 is 27.0 Å². The number of fused-ring (bicyclic) bond motifs is 1. The third-order valence-corrected chi connectivity index (χ3v) is 4.08. The predicted octanol–water partition coefficient (Wildman–Crippen LogP) is 2.80. The summed E-state index contributed by atoms with van der Waals surface area (Å²) in [7, 11) is 0. The molecule has 0 amide bonds. The topological polar surface area (TPSA) is 29.9 Å². The average molecular weight is 294 g/mol. The molecule has 1 saturated heterocycles. The maximum absolute atomic E-state index is 4.46. The zero-order valence-electron chi connectivity index (χ0n) is 9.69. The van der Waals surface area contributed by atoms with Crippen molar-refractivity contribution in [1.29, 1.82) is 0 Å². The molecule has 1 aromatic heterocycles. The van der Waals surface area contributed by atoms with Gasteiger partial charge in [0.1, 0.15) is 0 Å². The van der Waals surface area contributed by atoms with Crippen molar-refractivity contribution in [2.24, 2.45) is 5.92 Å². The molecule has 1 aliphatic heterocycles. The van der Waals surface area contributed by atoms with Crippen LogP contribution < -0.4 is 5.32 Å². The molecule has 1 unspecified atom stereocenters. The Kier molecular flexibility index (Phi) is 3.16. The van der Waals surface area contributed by atoms with Crippen LogP contribution >= 0.6 is 15.9 Å². The van der Waals surface area contributed by atoms with Crippen LogP contribution in [-0.2, 0) is 6.54 Å². The molecule has 0 spiro atoms. The highest BCUT2D eigenvalue weighted by atomic mass is 79.9. The Hall–Kier alpha value is -0.870. The molecule has 0 radical (unpaired) electrons. The van der Waals surface area contributed by atoms with E-state index in [0.717, 1.165) is 29.0 Å². The van der Waals surface area contributed by atoms with Gasteiger partial charge in [-0.25, -0.2) is 4.98 Å². The molecule has 1 fully saturated rings. The van der Waals surface area contributed by atoms with Crippen LogP contribution in [0.4, 0.5) is 0 Å². The second kappa shape index (κ2) is 4.78. The van der Waals surface area contributed by atoms with Gasteiger partial charge in [-0.2, -0.15) is 0 Å². The Balaban J connectivity index is 1.89. The quantitative estimate of drug-likeness (QED) is 0.923. The molecule has 1 aromatic carbocycles. The fraction of sp³-hybridized carbons (Fsp3) is 0.462. The number of rotatable bonds is 2. The van der Waals surface area contributed by atoms with Gasteiger partial charge in [0.15, 0.2) is 0 Å².